The van der Waals surface area contributed by atoms with Crippen LogP contribution in [0.1, 0.15) is 24.0 Å². The van der Waals surface area contributed by atoms with E-state index >= 15 is 0 Å². The van der Waals surface area contributed by atoms with Gasteiger partial charge < -0.3 is 19.2 Å². The van der Waals surface area contributed by atoms with Gasteiger partial charge in [-0.2, -0.15) is 0 Å². The van der Waals surface area contributed by atoms with Gasteiger partial charge in [-0.25, -0.2) is 0 Å². The molecule has 1 N–H and O–H groups in total. The number of rotatable bonds is 8. The number of nitrogens with zero attached hydrogens (tertiary/aromatic N) is 1. The van der Waals surface area contributed by atoms with E-state index in [9.17, 15) is 0 Å². The van der Waals surface area contributed by atoms with E-state index in [2.05, 4.69) is 52.5 Å². The highest BCUT2D eigenvalue weighted by atomic mass is 16.5. The first-order valence-corrected chi connectivity index (χ1v) is 9.86. The number of methoxy groups -OCH3 is 2. The average molecular weight is 380 g/mol. The molecule has 2 aromatic carbocycles. The van der Waals surface area contributed by atoms with E-state index < -0.39 is 0 Å². The Morgan fingerprint density at radius 2 is 1.93 bits per heavy atom. The minimum absolute atomic E-state index is 0.311. The molecule has 0 aliphatic carbocycles. The zero-order chi connectivity index (χ0) is 19.3. The minimum atomic E-state index is 0.311. The summed E-state index contributed by atoms with van der Waals surface area (Å²) in [5.74, 6) is 1.53. The molecule has 1 saturated heterocycles. The Hall–Kier alpha value is -2.50. The molecular weight excluding hydrogens is 352 g/mol. The molecule has 5 heteroatoms. The molecule has 1 aliphatic rings. The van der Waals surface area contributed by atoms with Crippen molar-refractivity contribution >= 4 is 10.9 Å². The third-order valence-electron chi connectivity index (χ3n) is 5.41. The Morgan fingerprint density at radius 1 is 1.07 bits per heavy atom. The Morgan fingerprint density at radius 3 is 2.71 bits per heavy atom. The largest absolute Gasteiger partial charge is 0.493 e. The first-order chi connectivity index (χ1) is 13.8. The van der Waals surface area contributed by atoms with Crippen LogP contribution >= 0.6 is 0 Å². The van der Waals surface area contributed by atoms with Gasteiger partial charge in [0.2, 0.25) is 0 Å². The second-order valence-corrected chi connectivity index (χ2v) is 7.35. The fourth-order valence-corrected chi connectivity index (χ4v) is 4.00. The number of ether oxygens (including phenoxy) is 3. The number of hydrogen-bond acceptors (Lipinski definition) is 4. The summed E-state index contributed by atoms with van der Waals surface area (Å²) in [6.07, 6.45) is 4.73. The van der Waals surface area contributed by atoms with Crippen LogP contribution in [0.15, 0.2) is 48.7 Å². The number of aromatic nitrogens is 1. The van der Waals surface area contributed by atoms with Crippen LogP contribution in [0.4, 0.5) is 0 Å². The van der Waals surface area contributed by atoms with Crippen LogP contribution in [0.5, 0.6) is 11.5 Å². The third-order valence-corrected chi connectivity index (χ3v) is 5.41. The molecule has 1 fully saturated rings. The summed E-state index contributed by atoms with van der Waals surface area (Å²) in [5, 5.41) is 1.28. The molecule has 1 atom stereocenters. The molecule has 1 aromatic heterocycles. The fraction of sp³-hybridized carbons (Fsp3) is 0.391. The van der Waals surface area contributed by atoms with Crippen molar-refractivity contribution in [2.75, 3.05) is 27.4 Å². The lowest BCUT2D eigenvalue weighted by Crippen LogP contribution is -2.31. The summed E-state index contributed by atoms with van der Waals surface area (Å²) in [7, 11) is 3.34. The Labute approximate surface area is 166 Å². The molecule has 3 aromatic rings. The Balaban J connectivity index is 1.56. The van der Waals surface area contributed by atoms with Crippen molar-refractivity contribution < 1.29 is 14.2 Å². The maximum atomic E-state index is 5.92. The predicted octanol–water partition coefficient (Wildman–Crippen LogP) is 4.37. The van der Waals surface area contributed by atoms with E-state index in [-0.39, 0.29) is 0 Å². The van der Waals surface area contributed by atoms with Crippen LogP contribution < -0.4 is 9.47 Å². The van der Waals surface area contributed by atoms with E-state index in [0.717, 1.165) is 50.6 Å². The van der Waals surface area contributed by atoms with Crippen LogP contribution in [0, 0.1) is 0 Å². The number of hydrogen-bond donors (Lipinski definition) is 1. The monoisotopic (exact) mass is 380 g/mol. The molecule has 0 saturated carbocycles. The van der Waals surface area contributed by atoms with Gasteiger partial charge in [0, 0.05) is 43.3 Å². The quantitative estimate of drug-likeness (QED) is 0.630. The van der Waals surface area contributed by atoms with Gasteiger partial charge in [0.05, 0.1) is 20.3 Å². The summed E-state index contributed by atoms with van der Waals surface area (Å²) < 4.78 is 16.8. The Bertz CT molecular complexity index is 915. The van der Waals surface area contributed by atoms with Gasteiger partial charge in [-0.3, -0.25) is 4.90 Å². The van der Waals surface area contributed by atoms with E-state index in [4.69, 9.17) is 14.2 Å². The van der Waals surface area contributed by atoms with Crippen molar-refractivity contribution in [1.82, 2.24) is 9.88 Å². The van der Waals surface area contributed by atoms with Gasteiger partial charge in [0.15, 0.2) is 11.5 Å². The number of nitrogens with one attached hydrogen (secondary N) is 1. The van der Waals surface area contributed by atoms with Crippen LogP contribution in [-0.4, -0.2) is 43.4 Å². The van der Waals surface area contributed by atoms with E-state index in [0.29, 0.717) is 6.10 Å². The van der Waals surface area contributed by atoms with Crippen molar-refractivity contribution in [3.05, 3.63) is 59.8 Å². The lowest BCUT2D eigenvalue weighted by molar-refractivity contribution is 0.0680. The molecule has 0 bridgehead atoms. The molecule has 4 rings (SSSR count). The van der Waals surface area contributed by atoms with Crippen molar-refractivity contribution in [3.63, 3.8) is 0 Å². The van der Waals surface area contributed by atoms with Crippen molar-refractivity contribution in [1.29, 1.82) is 0 Å². The van der Waals surface area contributed by atoms with Gasteiger partial charge in [-0.05, 0) is 42.2 Å². The first-order valence-electron chi connectivity index (χ1n) is 9.86. The highest BCUT2D eigenvalue weighted by Gasteiger charge is 2.21. The maximum absolute atomic E-state index is 5.92. The molecule has 1 aliphatic heterocycles. The number of fused-ring (bicyclic) bond motifs is 1. The second kappa shape index (κ2) is 8.67. The minimum Gasteiger partial charge on any atom is -0.493 e. The SMILES string of the molecule is COc1ccc(CN(Cc2c[nH]c3ccccc23)C[C@@H]2CCCO2)cc1OC. The molecule has 0 unspecified atom stereocenters. The predicted molar refractivity (Wildman–Crippen MR) is 111 cm³/mol. The molecule has 0 radical (unpaired) electrons. The van der Waals surface area contributed by atoms with Crippen LogP contribution in [-0.2, 0) is 17.8 Å². The van der Waals surface area contributed by atoms with Crippen molar-refractivity contribution in [3.8, 4) is 11.5 Å². The lowest BCUT2D eigenvalue weighted by atomic mass is 10.1. The maximum Gasteiger partial charge on any atom is 0.161 e. The molecule has 5 nitrogen and oxygen atoms in total. The van der Waals surface area contributed by atoms with Crippen LogP contribution in [0.25, 0.3) is 10.9 Å². The number of para-hydroxylation sites is 1. The second-order valence-electron chi connectivity index (χ2n) is 7.35. The lowest BCUT2D eigenvalue weighted by Gasteiger charge is -2.25. The Kier molecular flexibility index (Phi) is 5.84. The van der Waals surface area contributed by atoms with E-state index in [1.165, 1.54) is 22.0 Å². The van der Waals surface area contributed by atoms with Gasteiger partial charge in [0.25, 0.3) is 0 Å². The van der Waals surface area contributed by atoms with Gasteiger partial charge in [0.1, 0.15) is 0 Å². The zero-order valence-corrected chi connectivity index (χ0v) is 16.6. The number of aromatic amines is 1. The molecule has 0 spiro atoms. The number of benzene rings is 2. The smallest absolute Gasteiger partial charge is 0.161 e. The summed E-state index contributed by atoms with van der Waals surface area (Å²) in [6, 6.07) is 14.6. The molecule has 148 valence electrons. The highest BCUT2D eigenvalue weighted by Crippen LogP contribution is 2.29. The summed E-state index contributed by atoms with van der Waals surface area (Å²) in [6.45, 7) is 3.51. The molecule has 28 heavy (non-hydrogen) atoms. The molecular formula is C23H28N2O3. The average Bonchev–Trinajstić information content (AvgIpc) is 3.38. The molecule has 2 heterocycles. The first kappa shape index (κ1) is 18.8. The number of H-pyrrole nitrogens is 1. The molecule has 0 amide bonds. The van der Waals surface area contributed by atoms with Crippen LogP contribution in [0.2, 0.25) is 0 Å². The highest BCUT2D eigenvalue weighted by molar-refractivity contribution is 5.82. The van der Waals surface area contributed by atoms with Gasteiger partial charge in [-0.15, -0.1) is 0 Å². The van der Waals surface area contributed by atoms with E-state index in [1.54, 1.807) is 14.2 Å². The topological polar surface area (TPSA) is 46.7 Å². The standard InChI is InChI=1S/C23H28N2O3/c1-26-22-10-9-17(12-23(22)27-2)14-25(16-19-6-5-11-28-19)15-18-13-24-21-8-4-3-7-20(18)21/h3-4,7-10,12-13,19,24H,5-6,11,14-16H2,1-2H3/t19-/m0/s1. The fourth-order valence-electron chi connectivity index (χ4n) is 4.00. The van der Waals surface area contributed by atoms with Gasteiger partial charge >= 0.3 is 0 Å². The summed E-state index contributed by atoms with van der Waals surface area (Å²) >= 11 is 0. The van der Waals surface area contributed by atoms with Gasteiger partial charge in [-0.1, -0.05) is 24.3 Å². The van der Waals surface area contributed by atoms with Crippen molar-refractivity contribution in [2.24, 2.45) is 0 Å². The zero-order valence-electron chi connectivity index (χ0n) is 16.6. The summed E-state index contributed by atoms with van der Waals surface area (Å²) in [5.41, 5.74) is 3.70. The van der Waals surface area contributed by atoms with Crippen molar-refractivity contribution in [2.45, 2.75) is 32.0 Å². The normalized spacial score (nSPS) is 16.8. The van der Waals surface area contributed by atoms with Crippen LogP contribution in [0.3, 0.4) is 0 Å². The third kappa shape index (κ3) is 4.16. The van der Waals surface area contributed by atoms with E-state index in [1.807, 2.05) is 6.07 Å². The summed E-state index contributed by atoms with van der Waals surface area (Å²) in [4.78, 5) is 5.86.